The number of amides is 2. The monoisotopic (exact) mass is 751 g/mol. The summed E-state index contributed by atoms with van der Waals surface area (Å²) in [6, 6.07) is 27.6. The molecule has 2 heterocycles. The van der Waals surface area contributed by atoms with Crippen molar-refractivity contribution in [3.8, 4) is 11.1 Å². The molecule has 2 amide bonds. The zero-order chi connectivity index (χ0) is 38.8. The Bertz CT molecular complexity index is 1910. The predicted molar refractivity (Wildman–Crippen MR) is 220 cm³/mol. The van der Waals surface area contributed by atoms with Gasteiger partial charge in [0.25, 0.3) is 0 Å². The number of ether oxygens (including phenoxy) is 2. The van der Waals surface area contributed by atoms with Gasteiger partial charge in [-0.05, 0) is 86.5 Å². The van der Waals surface area contributed by atoms with Gasteiger partial charge in [0.05, 0.1) is 12.0 Å². The molecule has 0 spiro atoms. The number of nitrogens with zero attached hydrogens (tertiary/aromatic N) is 3. The van der Waals surface area contributed by atoms with Crippen molar-refractivity contribution in [1.82, 2.24) is 14.4 Å². The van der Waals surface area contributed by atoms with Crippen LogP contribution in [0.2, 0.25) is 18.1 Å². The molecule has 0 N–H and O–H groups in total. The normalized spacial score (nSPS) is 19.6. The van der Waals surface area contributed by atoms with E-state index in [1.54, 1.807) is 12.0 Å². The Labute approximate surface area is 323 Å². The third-order valence-corrected chi connectivity index (χ3v) is 16.0. The molecule has 1 saturated heterocycles. The molecule has 8 nitrogen and oxygen atoms in total. The summed E-state index contributed by atoms with van der Waals surface area (Å²) in [5.74, 6) is -0.741. The highest BCUT2D eigenvalue weighted by Gasteiger charge is 2.50. The van der Waals surface area contributed by atoms with Crippen molar-refractivity contribution in [3.05, 3.63) is 96.2 Å². The molecule has 1 saturated carbocycles. The molecule has 0 bridgehead atoms. The molecule has 1 aromatic heterocycles. The van der Waals surface area contributed by atoms with Crippen molar-refractivity contribution >= 4 is 31.2 Å². The van der Waals surface area contributed by atoms with E-state index in [4.69, 9.17) is 13.9 Å². The second kappa shape index (κ2) is 16.0. The van der Waals surface area contributed by atoms with Gasteiger partial charge in [0.1, 0.15) is 5.60 Å². The number of rotatable bonds is 12. The number of hydrogen-bond donors (Lipinski definition) is 0. The summed E-state index contributed by atoms with van der Waals surface area (Å²) in [4.78, 5) is 33.3. The molecule has 2 fully saturated rings. The van der Waals surface area contributed by atoms with Crippen LogP contribution in [-0.2, 0) is 31.8 Å². The maximum Gasteiger partial charge on any atom is 0.410 e. The quantitative estimate of drug-likeness (QED) is 0.107. The van der Waals surface area contributed by atoms with Crippen LogP contribution in [0.25, 0.3) is 22.0 Å². The lowest BCUT2D eigenvalue weighted by Gasteiger charge is -2.48. The molecule has 0 unspecified atom stereocenters. The van der Waals surface area contributed by atoms with E-state index < -0.39 is 32.0 Å². The van der Waals surface area contributed by atoms with Crippen LogP contribution in [0.1, 0.15) is 77.8 Å². The Balaban J connectivity index is 1.44. The fraction of sp³-hybridized carbons (Fsp3) is 0.511. The first-order valence-electron chi connectivity index (χ1n) is 19.7. The SMILES string of the molecule is COCCCn1cc(CN(C(=O)[C@H]2CN(C(=O)OC(C)(C)C)C[C@@H](O[Si](C)(C)C(C)(C)C)[C@@H]2c2cccc(-c3ccccc3)c2)C2CC2)c2ccccc21. The summed E-state index contributed by atoms with van der Waals surface area (Å²) >= 11 is 0. The number of para-hydroxylation sites is 1. The molecule has 54 heavy (non-hydrogen) atoms. The van der Waals surface area contributed by atoms with Gasteiger partial charge >= 0.3 is 6.09 Å². The van der Waals surface area contributed by atoms with Crippen LogP contribution >= 0.6 is 0 Å². The number of fused-ring (bicyclic) bond motifs is 1. The molecule has 3 aromatic carbocycles. The Hall–Kier alpha value is -3.92. The van der Waals surface area contributed by atoms with Crippen LogP contribution < -0.4 is 0 Å². The zero-order valence-corrected chi connectivity index (χ0v) is 34.9. The highest BCUT2D eigenvalue weighted by Crippen LogP contribution is 2.45. The number of piperidine rings is 1. The summed E-state index contributed by atoms with van der Waals surface area (Å²) in [5.41, 5.74) is 4.91. The highest BCUT2D eigenvalue weighted by molar-refractivity contribution is 6.74. The smallest absolute Gasteiger partial charge is 0.410 e. The predicted octanol–water partition coefficient (Wildman–Crippen LogP) is 9.88. The lowest BCUT2D eigenvalue weighted by Crippen LogP contribution is -2.59. The van der Waals surface area contributed by atoms with Gasteiger partial charge in [0.2, 0.25) is 5.91 Å². The van der Waals surface area contributed by atoms with Crippen molar-refractivity contribution in [3.63, 3.8) is 0 Å². The van der Waals surface area contributed by atoms with Crippen molar-refractivity contribution in [2.45, 2.75) is 116 Å². The number of likely N-dealkylation sites (tertiary alicyclic amines) is 1. The Morgan fingerprint density at radius 2 is 1.56 bits per heavy atom. The summed E-state index contributed by atoms with van der Waals surface area (Å²) in [6.07, 6.45) is 4.26. The van der Waals surface area contributed by atoms with Crippen LogP contribution in [0.3, 0.4) is 0 Å². The van der Waals surface area contributed by atoms with Crippen molar-refractivity contribution in [1.29, 1.82) is 0 Å². The van der Waals surface area contributed by atoms with E-state index in [2.05, 4.69) is 122 Å². The second-order valence-electron chi connectivity index (χ2n) is 17.8. The van der Waals surface area contributed by atoms with E-state index in [1.165, 1.54) is 10.9 Å². The summed E-state index contributed by atoms with van der Waals surface area (Å²) < 4.78 is 21.0. The Morgan fingerprint density at radius 1 is 0.870 bits per heavy atom. The molecule has 2 aliphatic rings. The topological polar surface area (TPSA) is 73.2 Å². The second-order valence-corrected chi connectivity index (χ2v) is 22.6. The molecule has 290 valence electrons. The van der Waals surface area contributed by atoms with Gasteiger partial charge in [-0.1, -0.05) is 93.6 Å². The molecule has 9 heteroatoms. The largest absolute Gasteiger partial charge is 0.444 e. The van der Waals surface area contributed by atoms with E-state index in [9.17, 15) is 4.79 Å². The zero-order valence-electron chi connectivity index (χ0n) is 33.9. The van der Waals surface area contributed by atoms with Crippen LogP contribution in [0.4, 0.5) is 4.79 Å². The molecule has 1 aliphatic heterocycles. The maximum atomic E-state index is 15.5. The maximum absolute atomic E-state index is 15.5. The van der Waals surface area contributed by atoms with Crippen LogP contribution in [0, 0.1) is 5.92 Å². The number of aromatic nitrogens is 1. The first kappa shape index (κ1) is 39.8. The summed E-state index contributed by atoms with van der Waals surface area (Å²) in [7, 11) is -0.638. The van der Waals surface area contributed by atoms with Crippen molar-refractivity contribution in [2.24, 2.45) is 5.92 Å². The van der Waals surface area contributed by atoms with Gasteiger partial charge < -0.3 is 28.3 Å². The molecular weight excluding hydrogens is 691 g/mol. The average molecular weight is 752 g/mol. The number of hydrogen-bond acceptors (Lipinski definition) is 5. The van der Waals surface area contributed by atoms with Gasteiger partial charge in [-0.15, -0.1) is 0 Å². The van der Waals surface area contributed by atoms with Crippen molar-refractivity contribution < 1.29 is 23.5 Å². The minimum atomic E-state index is -2.37. The number of carbonyl (C=O) groups excluding carboxylic acids is 2. The Kier molecular flexibility index (Phi) is 11.8. The van der Waals surface area contributed by atoms with Crippen molar-refractivity contribution in [2.75, 3.05) is 26.8 Å². The first-order chi connectivity index (χ1) is 25.6. The number of carbonyl (C=O) groups is 2. The highest BCUT2D eigenvalue weighted by atomic mass is 28.4. The Morgan fingerprint density at radius 3 is 2.22 bits per heavy atom. The van der Waals surface area contributed by atoms with Gasteiger partial charge in [-0.2, -0.15) is 0 Å². The third kappa shape index (κ3) is 9.12. The van der Waals surface area contributed by atoms with Crippen LogP contribution in [0.15, 0.2) is 85.1 Å². The van der Waals surface area contributed by atoms with E-state index in [0.29, 0.717) is 19.7 Å². The minimum Gasteiger partial charge on any atom is -0.444 e. The summed E-state index contributed by atoms with van der Waals surface area (Å²) in [5, 5.41) is 1.09. The van der Waals surface area contributed by atoms with Gasteiger partial charge in [0.15, 0.2) is 8.32 Å². The summed E-state index contributed by atoms with van der Waals surface area (Å²) in [6.45, 7) is 19.5. The first-order valence-corrected chi connectivity index (χ1v) is 22.6. The van der Waals surface area contributed by atoms with E-state index in [1.807, 2.05) is 26.8 Å². The average Bonchev–Trinajstić information content (AvgIpc) is 3.91. The van der Waals surface area contributed by atoms with Gasteiger partial charge in [-0.3, -0.25) is 4.79 Å². The molecule has 4 aromatic rings. The molecular formula is C45H61N3O5Si. The fourth-order valence-corrected chi connectivity index (χ4v) is 8.91. The van der Waals surface area contributed by atoms with E-state index in [0.717, 1.165) is 48.1 Å². The lowest BCUT2D eigenvalue weighted by atomic mass is 9.77. The van der Waals surface area contributed by atoms with E-state index >= 15 is 4.79 Å². The minimum absolute atomic E-state index is 0.0703. The molecule has 6 rings (SSSR count). The van der Waals surface area contributed by atoms with Gasteiger partial charge in [-0.25, -0.2) is 4.79 Å². The number of aryl methyl sites for hydroxylation is 1. The van der Waals surface area contributed by atoms with Gasteiger partial charge in [0, 0.05) is 69.0 Å². The molecule has 1 aliphatic carbocycles. The standard InChI is InChI=1S/C45H61N3O5Si/c1-44(2,3)52-43(50)47-30-38(42(49)48(36-23-24-36)29-35-28-46(25-16-26-51-7)39-22-14-13-21-37(35)39)41(40(31-47)53-54(8,9)45(4,5)6)34-20-15-19-33(27-34)32-17-11-10-12-18-32/h10-15,17-22,27-28,36,38,40-41H,16,23-26,29-31H2,1-9H3/t38-,40+,41+/m0/s1. The van der Waals surface area contributed by atoms with E-state index in [-0.39, 0.29) is 29.4 Å². The molecule has 3 atom stereocenters. The number of methoxy groups -OCH3 is 1. The fourth-order valence-electron chi connectivity index (χ4n) is 7.57. The number of benzene rings is 3. The molecule has 0 radical (unpaired) electrons. The third-order valence-electron chi connectivity index (χ3n) is 11.5. The van der Waals surface area contributed by atoms with Crippen LogP contribution in [0.5, 0.6) is 0 Å². The lowest BCUT2D eigenvalue weighted by molar-refractivity contribution is -0.141. The van der Waals surface area contributed by atoms with Crippen LogP contribution in [-0.4, -0.2) is 79.2 Å².